The quantitative estimate of drug-likeness (QED) is 0.909. The monoisotopic (exact) mass is 285 g/mol. The van der Waals surface area contributed by atoms with Gasteiger partial charge in [-0.15, -0.1) is 0 Å². The van der Waals surface area contributed by atoms with E-state index < -0.39 is 0 Å². The average molecular weight is 285 g/mol. The molecule has 110 valence electrons. The molecule has 2 nitrogen and oxygen atoms in total. The number of fused-ring (bicyclic) bond motifs is 1. The van der Waals surface area contributed by atoms with Crippen molar-refractivity contribution in [2.45, 2.75) is 33.1 Å². The highest BCUT2D eigenvalue weighted by atomic mass is 19.1. The first-order valence-electron chi connectivity index (χ1n) is 7.41. The van der Waals surface area contributed by atoms with E-state index in [1.54, 1.807) is 6.07 Å². The average Bonchev–Trinajstić information content (AvgIpc) is 2.94. The van der Waals surface area contributed by atoms with E-state index in [4.69, 9.17) is 4.74 Å². The highest BCUT2D eigenvalue weighted by Crippen LogP contribution is 2.32. The summed E-state index contributed by atoms with van der Waals surface area (Å²) in [5.74, 6) is -0.200. The maximum absolute atomic E-state index is 13.7. The zero-order chi connectivity index (χ0) is 14.8. The molecule has 2 aromatic rings. The van der Waals surface area contributed by atoms with Gasteiger partial charge in [0, 0.05) is 6.04 Å². The zero-order valence-electron chi connectivity index (χ0n) is 12.4. The van der Waals surface area contributed by atoms with Gasteiger partial charge in [-0.2, -0.15) is 0 Å². The number of hydrogen-bond donors (Lipinski definition) is 1. The van der Waals surface area contributed by atoms with E-state index in [1.807, 2.05) is 6.07 Å². The van der Waals surface area contributed by atoms with Crippen LogP contribution in [0, 0.1) is 5.82 Å². The Kier molecular flexibility index (Phi) is 4.04. The van der Waals surface area contributed by atoms with Crippen LogP contribution >= 0.6 is 0 Å². The van der Waals surface area contributed by atoms with Gasteiger partial charge in [0.2, 0.25) is 0 Å². The van der Waals surface area contributed by atoms with E-state index in [0.29, 0.717) is 13.2 Å². The van der Waals surface area contributed by atoms with E-state index >= 15 is 0 Å². The molecule has 0 radical (unpaired) electrons. The second-order valence-electron chi connectivity index (χ2n) is 5.49. The number of rotatable bonds is 4. The van der Waals surface area contributed by atoms with Crippen molar-refractivity contribution in [3.05, 3.63) is 58.9 Å². The SMILES string of the molecule is CCNC(C)c1ccc(F)cc1-c1ccc2c(c1)COC2. The molecule has 0 spiro atoms. The molecule has 0 bridgehead atoms. The molecule has 2 aromatic carbocycles. The molecule has 0 aromatic heterocycles. The molecule has 0 fully saturated rings. The van der Waals surface area contributed by atoms with E-state index in [9.17, 15) is 4.39 Å². The summed E-state index contributed by atoms with van der Waals surface area (Å²) in [5.41, 5.74) is 5.57. The molecule has 1 aliphatic heterocycles. The molecule has 3 heteroatoms. The van der Waals surface area contributed by atoms with Crippen molar-refractivity contribution in [2.24, 2.45) is 0 Å². The van der Waals surface area contributed by atoms with Crippen LogP contribution in [0.5, 0.6) is 0 Å². The fourth-order valence-electron chi connectivity index (χ4n) is 2.91. The van der Waals surface area contributed by atoms with Crippen LogP contribution in [0.2, 0.25) is 0 Å². The van der Waals surface area contributed by atoms with Crippen molar-refractivity contribution >= 4 is 0 Å². The second kappa shape index (κ2) is 5.96. The summed E-state index contributed by atoms with van der Waals surface area (Å²) in [5, 5.41) is 3.40. The molecule has 1 atom stereocenters. The molecule has 1 aliphatic rings. The maximum atomic E-state index is 13.7. The van der Waals surface area contributed by atoms with Crippen molar-refractivity contribution in [1.82, 2.24) is 5.32 Å². The van der Waals surface area contributed by atoms with Gasteiger partial charge in [-0.25, -0.2) is 4.39 Å². The van der Waals surface area contributed by atoms with Gasteiger partial charge in [0.1, 0.15) is 5.82 Å². The molecule has 1 unspecified atom stereocenters. The first-order valence-corrected chi connectivity index (χ1v) is 7.41. The fraction of sp³-hybridized carbons (Fsp3) is 0.333. The Morgan fingerprint density at radius 1 is 1.14 bits per heavy atom. The summed E-state index contributed by atoms with van der Waals surface area (Å²) in [6, 6.07) is 11.5. The van der Waals surface area contributed by atoms with Crippen LogP contribution in [0.3, 0.4) is 0 Å². The molecule has 0 saturated carbocycles. The number of benzene rings is 2. The fourth-order valence-corrected chi connectivity index (χ4v) is 2.91. The number of hydrogen-bond acceptors (Lipinski definition) is 2. The van der Waals surface area contributed by atoms with Gasteiger partial charge in [0.15, 0.2) is 0 Å². The largest absolute Gasteiger partial charge is 0.372 e. The summed E-state index contributed by atoms with van der Waals surface area (Å²) in [7, 11) is 0. The zero-order valence-corrected chi connectivity index (χ0v) is 12.4. The van der Waals surface area contributed by atoms with Crippen LogP contribution in [0.1, 0.15) is 36.6 Å². The van der Waals surface area contributed by atoms with Crippen LogP contribution in [0.4, 0.5) is 4.39 Å². The van der Waals surface area contributed by atoms with Crippen molar-refractivity contribution in [1.29, 1.82) is 0 Å². The van der Waals surface area contributed by atoms with Gasteiger partial charge >= 0.3 is 0 Å². The van der Waals surface area contributed by atoms with Crippen molar-refractivity contribution in [3.63, 3.8) is 0 Å². The van der Waals surface area contributed by atoms with Crippen molar-refractivity contribution in [3.8, 4) is 11.1 Å². The molecule has 0 aliphatic carbocycles. The normalized spacial score (nSPS) is 15.0. The molecular formula is C18H20FNO. The number of ether oxygens (including phenoxy) is 1. The summed E-state index contributed by atoms with van der Waals surface area (Å²) >= 11 is 0. The minimum absolute atomic E-state index is 0.190. The number of halogens is 1. The molecule has 21 heavy (non-hydrogen) atoms. The molecule has 1 N–H and O–H groups in total. The molecular weight excluding hydrogens is 265 g/mol. The Morgan fingerprint density at radius 2 is 1.95 bits per heavy atom. The Bertz CT molecular complexity index is 654. The van der Waals surface area contributed by atoms with E-state index in [1.165, 1.54) is 17.2 Å². The van der Waals surface area contributed by atoms with Crippen LogP contribution in [-0.2, 0) is 18.0 Å². The standard InChI is InChI=1S/C18H20FNO/c1-3-20-12(2)17-7-6-16(19)9-18(17)13-4-5-14-10-21-11-15(14)8-13/h4-9,12,20H,3,10-11H2,1-2H3. The minimum atomic E-state index is -0.200. The van der Waals surface area contributed by atoms with Gasteiger partial charge in [-0.1, -0.05) is 25.1 Å². The van der Waals surface area contributed by atoms with Gasteiger partial charge in [-0.3, -0.25) is 0 Å². The molecule has 1 heterocycles. The summed E-state index contributed by atoms with van der Waals surface area (Å²) in [4.78, 5) is 0. The highest BCUT2D eigenvalue weighted by Gasteiger charge is 2.16. The van der Waals surface area contributed by atoms with E-state index in [2.05, 4.69) is 37.4 Å². The van der Waals surface area contributed by atoms with Gasteiger partial charge in [0.05, 0.1) is 13.2 Å². The topological polar surface area (TPSA) is 21.3 Å². The van der Waals surface area contributed by atoms with Crippen LogP contribution in [-0.4, -0.2) is 6.54 Å². The van der Waals surface area contributed by atoms with Crippen molar-refractivity contribution < 1.29 is 9.13 Å². The van der Waals surface area contributed by atoms with Crippen LogP contribution in [0.15, 0.2) is 36.4 Å². The van der Waals surface area contributed by atoms with Crippen LogP contribution < -0.4 is 5.32 Å². The lowest BCUT2D eigenvalue weighted by atomic mass is 9.93. The third kappa shape index (κ3) is 2.85. The summed E-state index contributed by atoms with van der Waals surface area (Å²) in [6.45, 7) is 6.40. The predicted octanol–water partition coefficient (Wildman–Crippen LogP) is 4.19. The molecule has 0 amide bonds. The lowest BCUT2D eigenvalue weighted by Crippen LogP contribution is -2.18. The van der Waals surface area contributed by atoms with Crippen LogP contribution in [0.25, 0.3) is 11.1 Å². The molecule has 3 rings (SSSR count). The third-order valence-corrected chi connectivity index (χ3v) is 4.02. The predicted molar refractivity (Wildman–Crippen MR) is 82.4 cm³/mol. The highest BCUT2D eigenvalue weighted by molar-refractivity contribution is 5.69. The molecule has 0 saturated heterocycles. The lowest BCUT2D eigenvalue weighted by molar-refractivity contribution is 0.134. The number of nitrogens with one attached hydrogen (secondary N) is 1. The second-order valence-corrected chi connectivity index (χ2v) is 5.49. The van der Waals surface area contributed by atoms with Gasteiger partial charge < -0.3 is 10.1 Å². The van der Waals surface area contributed by atoms with Gasteiger partial charge in [-0.05, 0) is 59.5 Å². The smallest absolute Gasteiger partial charge is 0.123 e. The van der Waals surface area contributed by atoms with Gasteiger partial charge in [0.25, 0.3) is 0 Å². The Hall–Kier alpha value is -1.71. The first kappa shape index (κ1) is 14.2. The van der Waals surface area contributed by atoms with E-state index in [-0.39, 0.29) is 11.9 Å². The van der Waals surface area contributed by atoms with E-state index in [0.717, 1.165) is 23.2 Å². The van der Waals surface area contributed by atoms with Crippen molar-refractivity contribution in [2.75, 3.05) is 6.54 Å². The third-order valence-electron chi connectivity index (χ3n) is 4.02. The Labute approximate surface area is 125 Å². The Balaban J connectivity index is 2.06. The Morgan fingerprint density at radius 3 is 2.76 bits per heavy atom. The summed E-state index contributed by atoms with van der Waals surface area (Å²) < 4.78 is 19.2. The maximum Gasteiger partial charge on any atom is 0.123 e. The first-order chi connectivity index (χ1) is 10.2. The summed E-state index contributed by atoms with van der Waals surface area (Å²) in [6.07, 6.45) is 0. The lowest BCUT2D eigenvalue weighted by Gasteiger charge is -2.18. The minimum Gasteiger partial charge on any atom is -0.372 e.